The summed E-state index contributed by atoms with van der Waals surface area (Å²) in [5.41, 5.74) is 10.9. The van der Waals surface area contributed by atoms with E-state index in [4.69, 9.17) is 27.2 Å². The predicted molar refractivity (Wildman–Crippen MR) is 181 cm³/mol. The molecule has 4 aromatic rings. The van der Waals surface area contributed by atoms with E-state index in [0.717, 1.165) is 54.2 Å². The second-order valence-electron chi connectivity index (χ2n) is 9.89. The molecule has 0 amide bonds. The fraction of sp³-hybridized carbons (Fsp3) is 0.273. The molecule has 1 aromatic heterocycles. The standard InChI is InChI=1S/C31H30ClN3O5S2.C2H6/c32-26-27(40-18-25(36)37)30(31(38)39)41-29(26)21-9-5-11-24(17-21)34-23-12-14-35(15-13-23)42-28(19-6-2-1-3-7-19)20-8-4-10-22(33)16-20;1-2/h1-11,16-17,23,28,34H,12-15,18,33H2,(H,36,37)(H,38,39);1-2H3. The Morgan fingerprint density at radius 2 is 1.70 bits per heavy atom. The molecular weight excluding hydrogens is 618 g/mol. The lowest BCUT2D eigenvalue weighted by atomic mass is 10.0. The van der Waals surface area contributed by atoms with Crippen molar-refractivity contribution in [3.63, 3.8) is 0 Å². The highest BCUT2D eigenvalue weighted by atomic mass is 35.5. The van der Waals surface area contributed by atoms with Crippen molar-refractivity contribution >= 4 is 58.2 Å². The molecule has 1 aliphatic rings. The number of halogens is 1. The number of carbonyl (C=O) groups is 2. The molecule has 1 unspecified atom stereocenters. The van der Waals surface area contributed by atoms with Crippen molar-refractivity contribution < 1.29 is 24.5 Å². The molecule has 44 heavy (non-hydrogen) atoms. The van der Waals surface area contributed by atoms with Gasteiger partial charge in [-0.15, -0.1) is 11.3 Å². The first-order chi connectivity index (χ1) is 21.3. The van der Waals surface area contributed by atoms with Gasteiger partial charge in [0.2, 0.25) is 0 Å². The number of aromatic carboxylic acids is 1. The number of nitrogens with one attached hydrogen (secondary N) is 1. The number of piperidine rings is 1. The molecule has 3 aromatic carbocycles. The van der Waals surface area contributed by atoms with E-state index in [-0.39, 0.29) is 26.9 Å². The Balaban J connectivity index is 0.00000216. The maximum Gasteiger partial charge on any atom is 0.349 e. The summed E-state index contributed by atoms with van der Waals surface area (Å²) in [4.78, 5) is 23.1. The van der Waals surface area contributed by atoms with Gasteiger partial charge in [0.25, 0.3) is 0 Å². The smallest absolute Gasteiger partial charge is 0.349 e. The number of nitrogen functional groups attached to an aromatic ring is 1. The third-order valence-electron chi connectivity index (χ3n) is 6.86. The third kappa shape index (κ3) is 8.47. The largest absolute Gasteiger partial charge is 0.479 e. The van der Waals surface area contributed by atoms with Gasteiger partial charge in [-0.05, 0) is 53.8 Å². The Kier molecular flexibility index (Phi) is 12.0. The Morgan fingerprint density at radius 3 is 2.36 bits per heavy atom. The number of rotatable bonds is 11. The summed E-state index contributed by atoms with van der Waals surface area (Å²) in [6.45, 7) is 5.15. The van der Waals surface area contributed by atoms with Gasteiger partial charge in [0.05, 0.1) is 10.1 Å². The zero-order valence-corrected chi connectivity index (χ0v) is 26.9. The molecule has 5 N–H and O–H groups in total. The van der Waals surface area contributed by atoms with E-state index in [9.17, 15) is 14.7 Å². The first kappa shape index (κ1) is 33.2. The first-order valence-electron chi connectivity index (χ1n) is 14.4. The summed E-state index contributed by atoms with van der Waals surface area (Å²) < 4.78 is 7.64. The number of aliphatic carboxylic acids is 1. The van der Waals surface area contributed by atoms with Gasteiger partial charge in [0.15, 0.2) is 17.2 Å². The first-order valence-corrected chi connectivity index (χ1v) is 16.4. The fourth-order valence-corrected chi connectivity index (χ4v) is 7.56. The number of anilines is 2. The fourth-order valence-electron chi connectivity index (χ4n) is 4.89. The lowest BCUT2D eigenvalue weighted by Gasteiger charge is -2.34. The molecule has 1 fully saturated rings. The van der Waals surface area contributed by atoms with Crippen molar-refractivity contribution in [3.8, 4) is 16.2 Å². The van der Waals surface area contributed by atoms with E-state index in [0.29, 0.717) is 4.88 Å². The number of ether oxygens (including phenoxy) is 1. The number of nitrogens with zero attached hydrogens (tertiary/aromatic N) is 1. The molecule has 2 heterocycles. The topological polar surface area (TPSA) is 125 Å². The van der Waals surface area contributed by atoms with Crippen LogP contribution in [0.25, 0.3) is 10.4 Å². The molecule has 11 heteroatoms. The van der Waals surface area contributed by atoms with Crippen LogP contribution in [0.5, 0.6) is 5.75 Å². The van der Waals surface area contributed by atoms with Gasteiger partial charge in [0, 0.05) is 30.5 Å². The van der Waals surface area contributed by atoms with Gasteiger partial charge in [0.1, 0.15) is 5.02 Å². The lowest BCUT2D eigenvalue weighted by Crippen LogP contribution is -2.36. The van der Waals surface area contributed by atoms with E-state index in [1.807, 2.05) is 74.3 Å². The summed E-state index contributed by atoms with van der Waals surface area (Å²) in [5, 5.41) is 22.4. The summed E-state index contributed by atoms with van der Waals surface area (Å²) in [6.07, 6.45) is 1.90. The van der Waals surface area contributed by atoms with Gasteiger partial charge >= 0.3 is 11.9 Å². The average molecular weight is 654 g/mol. The van der Waals surface area contributed by atoms with E-state index >= 15 is 0 Å². The van der Waals surface area contributed by atoms with E-state index in [1.165, 1.54) is 11.1 Å². The van der Waals surface area contributed by atoms with Gasteiger partial charge in [-0.3, -0.25) is 0 Å². The summed E-state index contributed by atoms with van der Waals surface area (Å²) >= 11 is 9.29. The third-order valence-corrected chi connectivity index (χ3v) is 9.96. The molecule has 0 saturated carbocycles. The lowest BCUT2D eigenvalue weighted by molar-refractivity contribution is -0.139. The number of benzene rings is 3. The molecular formula is C33H36ClN3O5S2. The summed E-state index contributed by atoms with van der Waals surface area (Å²) in [7, 11) is 0. The predicted octanol–water partition coefficient (Wildman–Crippen LogP) is 8.15. The number of hydrogen-bond donors (Lipinski definition) is 4. The Hall–Kier alpha value is -3.70. The molecule has 0 aliphatic carbocycles. The van der Waals surface area contributed by atoms with E-state index in [1.54, 1.807) is 0 Å². The minimum atomic E-state index is -1.22. The van der Waals surface area contributed by atoms with E-state index in [2.05, 4.69) is 40.0 Å². The van der Waals surface area contributed by atoms with Crippen molar-refractivity contribution in [2.75, 3.05) is 30.7 Å². The van der Waals surface area contributed by atoms with Crippen LogP contribution in [0.3, 0.4) is 0 Å². The minimum absolute atomic E-state index is 0.0919. The maximum atomic E-state index is 11.8. The van der Waals surface area contributed by atoms with Gasteiger partial charge < -0.3 is 26.0 Å². The van der Waals surface area contributed by atoms with Crippen molar-refractivity contribution in [1.29, 1.82) is 0 Å². The Bertz CT molecular complexity index is 1560. The molecule has 0 radical (unpaired) electrons. The highest BCUT2D eigenvalue weighted by molar-refractivity contribution is 7.97. The van der Waals surface area contributed by atoms with Crippen LogP contribution in [0.4, 0.5) is 11.4 Å². The molecule has 1 atom stereocenters. The van der Waals surface area contributed by atoms with Crippen LogP contribution in [-0.4, -0.2) is 52.2 Å². The number of hydrogen-bond acceptors (Lipinski definition) is 8. The van der Waals surface area contributed by atoms with Crippen LogP contribution < -0.4 is 15.8 Å². The minimum Gasteiger partial charge on any atom is -0.479 e. The van der Waals surface area contributed by atoms with Crippen LogP contribution in [0, 0.1) is 0 Å². The quantitative estimate of drug-likeness (QED) is 0.0937. The van der Waals surface area contributed by atoms with Crippen LogP contribution >= 0.6 is 34.9 Å². The van der Waals surface area contributed by atoms with Crippen LogP contribution in [0.2, 0.25) is 5.02 Å². The highest BCUT2D eigenvalue weighted by Crippen LogP contribution is 2.46. The van der Waals surface area contributed by atoms with E-state index < -0.39 is 18.5 Å². The van der Waals surface area contributed by atoms with Crippen molar-refractivity contribution in [1.82, 2.24) is 4.31 Å². The molecule has 5 rings (SSSR count). The average Bonchev–Trinajstić information content (AvgIpc) is 3.37. The number of carboxylic acids is 2. The second kappa shape index (κ2) is 15.9. The van der Waals surface area contributed by atoms with Crippen molar-refractivity contribution in [2.45, 2.75) is 38.0 Å². The summed E-state index contributed by atoms with van der Waals surface area (Å²) in [6, 6.07) is 26.4. The number of carboxylic acid groups (broad SMARTS) is 2. The molecule has 232 valence electrons. The van der Waals surface area contributed by atoms with Crippen molar-refractivity contribution in [3.05, 3.63) is 99.9 Å². The second-order valence-corrected chi connectivity index (χ2v) is 12.5. The maximum absolute atomic E-state index is 11.8. The SMILES string of the molecule is CC.Nc1cccc(C(SN2CCC(Nc3cccc(-c4sc(C(=O)O)c(OCC(=O)O)c4Cl)c3)CC2)c2ccccc2)c1. The highest BCUT2D eigenvalue weighted by Gasteiger charge is 2.26. The van der Waals surface area contributed by atoms with Gasteiger partial charge in [-0.2, -0.15) is 0 Å². The zero-order chi connectivity index (χ0) is 31.6. The Morgan fingerprint density at radius 1 is 1.02 bits per heavy atom. The normalized spacial score (nSPS) is 14.2. The van der Waals surface area contributed by atoms with Gasteiger partial charge in [-0.25, -0.2) is 13.9 Å². The van der Waals surface area contributed by atoms with Crippen LogP contribution in [0.1, 0.15) is 52.7 Å². The molecule has 8 nitrogen and oxygen atoms in total. The molecule has 0 bridgehead atoms. The van der Waals surface area contributed by atoms with Gasteiger partial charge in [-0.1, -0.05) is 92.0 Å². The summed E-state index contributed by atoms with van der Waals surface area (Å²) in [5.74, 6) is -2.56. The number of nitrogens with two attached hydrogens (primary N) is 1. The van der Waals surface area contributed by atoms with Crippen LogP contribution in [-0.2, 0) is 4.79 Å². The van der Waals surface area contributed by atoms with Crippen LogP contribution in [0.15, 0.2) is 78.9 Å². The molecule has 0 spiro atoms. The number of thiophene rings is 1. The Labute approximate surface area is 270 Å². The zero-order valence-electron chi connectivity index (χ0n) is 24.5. The molecule has 1 saturated heterocycles. The monoisotopic (exact) mass is 653 g/mol. The van der Waals surface area contributed by atoms with Crippen molar-refractivity contribution in [2.24, 2.45) is 0 Å². The molecule has 1 aliphatic heterocycles.